The Morgan fingerprint density at radius 2 is 1.14 bits per heavy atom. The molecule has 0 saturated heterocycles. The number of aromatic hydroxyl groups is 1. The van der Waals surface area contributed by atoms with Crippen LogP contribution < -0.4 is 4.90 Å². The van der Waals surface area contributed by atoms with Gasteiger partial charge in [-0.3, -0.25) is 4.57 Å². The molecule has 7 aromatic carbocycles. The highest BCUT2D eigenvalue weighted by molar-refractivity contribution is 6.04. The Morgan fingerprint density at radius 1 is 0.525 bits per heavy atom. The van der Waals surface area contributed by atoms with Gasteiger partial charge < -0.3 is 10.0 Å². The summed E-state index contributed by atoms with van der Waals surface area (Å²) in [5.74, 6) is 0.938. The maximum atomic E-state index is 12.2. The highest BCUT2D eigenvalue weighted by Crippen LogP contribution is 2.45. The van der Waals surface area contributed by atoms with Gasteiger partial charge in [-0.15, -0.1) is 0 Å². The summed E-state index contributed by atoms with van der Waals surface area (Å²) >= 11 is 0. The summed E-state index contributed by atoms with van der Waals surface area (Å²) in [7, 11) is 0. The molecule has 0 unspecified atom stereocenters. The van der Waals surface area contributed by atoms with Crippen molar-refractivity contribution in [1.29, 1.82) is 0 Å². The third-order valence-electron chi connectivity index (χ3n) is 11.1. The summed E-state index contributed by atoms with van der Waals surface area (Å²) < 4.78 is 2.18. The normalized spacial score (nSPS) is 12.0. The Kier molecular flexibility index (Phi) is 9.40. The van der Waals surface area contributed by atoms with Gasteiger partial charge >= 0.3 is 0 Å². The van der Waals surface area contributed by atoms with Crippen molar-refractivity contribution in [3.8, 4) is 45.3 Å². The number of phenols is 1. The average molecular weight is 769 g/mol. The summed E-state index contributed by atoms with van der Waals surface area (Å²) in [4.78, 5) is 13.3. The quantitative estimate of drug-likeness (QED) is 0.175. The second kappa shape index (κ2) is 14.8. The fourth-order valence-corrected chi connectivity index (χ4v) is 8.08. The first-order valence-corrected chi connectivity index (χ1v) is 20.3. The van der Waals surface area contributed by atoms with Crippen LogP contribution in [0.15, 0.2) is 176 Å². The van der Waals surface area contributed by atoms with Crippen LogP contribution in [-0.2, 0) is 10.8 Å². The summed E-state index contributed by atoms with van der Waals surface area (Å²) in [6, 6.07) is 61.1. The maximum absolute atomic E-state index is 12.2. The Bertz CT molecular complexity index is 2920. The van der Waals surface area contributed by atoms with Gasteiger partial charge in [-0.1, -0.05) is 151 Å². The van der Waals surface area contributed by atoms with E-state index in [2.05, 4.69) is 197 Å². The third kappa shape index (κ3) is 7.03. The van der Waals surface area contributed by atoms with Gasteiger partial charge in [0.25, 0.3) is 0 Å². The van der Waals surface area contributed by atoms with E-state index in [9.17, 15) is 5.11 Å². The van der Waals surface area contributed by atoms with E-state index >= 15 is 0 Å². The van der Waals surface area contributed by atoms with Crippen molar-refractivity contribution >= 4 is 38.9 Å². The number of hydrogen-bond acceptors (Lipinski definition) is 4. The number of para-hydroxylation sites is 4. The van der Waals surface area contributed by atoms with E-state index in [1.54, 1.807) is 0 Å². The van der Waals surface area contributed by atoms with Crippen molar-refractivity contribution in [2.75, 3.05) is 4.90 Å². The minimum atomic E-state index is -0.297. The molecule has 2 heterocycles. The van der Waals surface area contributed by atoms with Gasteiger partial charge in [0, 0.05) is 44.8 Å². The van der Waals surface area contributed by atoms with Crippen LogP contribution in [0.25, 0.3) is 61.4 Å². The average Bonchev–Trinajstić information content (AvgIpc) is 3.64. The largest absolute Gasteiger partial charge is 0.507 e. The lowest BCUT2D eigenvalue weighted by Crippen LogP contribution is -2.17. The second-order valence-corrected chi connectivity index (χ2v) is 17.3. The Hall–Kier alpha value is -6.98. The maximum Gasteiger partial charge on any atom is 0.149 e. The van der Waals surface area contributed by atoms with Crippen LogP contribution >= 0.6 is 0 Å². The van der Waals surface area contributed by atoms with Gasteiger partial charge in [-0.2, -0.15) is 0 Å². The van der Waals surface area contributed by atoms with Gasteiger partial charge in [0.1, 0.15) is 11.6 Å². The van der Waals surface area contributed by atoms with Gasteiger partial charge in [0.05, 0.1) is 28.0 Å². The molecule has 0 saturated carbocycles. The van der Waals surface area contributed by atoms with Crippen LogP contribution in [0.4, 0.5) is 17.1 Å². The number of nitrogens with zero attached hydrogens (tertiary/aromatic N) is 4. The molecule has 0 spiro atoms. The lowest BCUT2D eigenvalue weighted by Gasteiger charge is -2.27. The molecular formula is C54H48N4O. The van der Waals surface area contributed by atoms with Crippen LogP contribution in [0.2, 0.25) is 0 Å². The van der Waals surface area contributed by atoms with Gasteiger partial charge in [-0.05, 0) is 88.5 Å². The number of rotatable bonds is 7. The molecule has 0 aliphatic rings. The number of phenolic OH excluding ortho intramolecular Hbond substituents is 1. The first-order valence-electron chi connectivity index (χ1n) is 20.3. The highest BCUT2D eigenvalue weighted by atomic mass is 16.3. The fraction of sp³-hybridized carbons (Fsp3) is 0.148. The highest BCUT2D eigenvalue weighted by Gasteiger charge is 2.29. The van der Waals surface area contributed by atoms with Crippen LogP contribution in [-0.4, -0.2) is 19.6 Å². The number of fused-ring (bicyclic) bond motifs is 2. The number of anilines is 3. The molecule has 0 aliphatic carbocycles. The molecule has 1 N–H and O–H groups in total. The van der Waals surface area contributed by atoms with E-state index in [0.717, 1.165) is 78.2 Å². The fourth-order valence-electron chi connectivity index (χ4n) is 8.08. The smallest absolute Gasteiger partial charge is 0.149 e. The van der Waals surface area contributed by atoms with Crippen molar-refractivity contribution in [1.82, 2.24) is 14.5 Å². The lowest BCUT2D eigenvalue weighted by atomic mass is 9.79. The first-order chi connectivity index (χ1) is 28.5. The third-order valence-corrected chi connectivity index (χ3v) is 11.1. The van der Waals surface area contributed by atoms with Crippen molar-refractivity contribution < 1.29 is 5.11 Å². The monoisotopic (exact) mass is 768 g/mol. The Balaban J connectivity index is 1.28. The number of benzene rings is 7. The molecule has 0 radical (unpaired) electrons. The molecule has 9 rings (SSSR count). The first kappa shape index (κ1) is 37.6. The van der Waals surface area contributed by atoms with Crippen LogP contribution in [0.1, 0.15) is 52.7 Å². The minimum Gasteiger partial charge on any atom is -0.507 e. The molecule has 290 valence electrons. The van der Waals surface area contributed by atoms with E-state index in [1.807, 2.05) is 30.3 Å². The van der Waals surface area contributed by atoms with Crippen LogP contribution in [0, 0.1) is 0 Å². The molecule has 5 nitrogen and oxygen atoms in total. The summed E-state index contributed by atoms with van der Waals surface area (Å²) in [5.41, 5.74) is 11.8. The molecule has 5 heteroatoms. The van der Waals surface area contributed by atoms with E-state index in [0.29, 0.717) is 11.4 Å². The summed E-state index contributed by atoms with van der Waals surface area (Å²) in [6.45, 7) is 13.1. The van der Waals surface area contributed by atoms with Crippen molar-refractivity contribution in [3.63, 3.8) is 0 Å². The molecule has 0 amide bonds. The zero-order valence-electron chi connectivity index (χ0n) is 34.5. The van der Waals surface area contributed by atoms with Crippen molar-refractivity contribution in [2.45, 2.75) is 52.4 Å². The Labute approximate surface area is 346 Å². The van der Waals surface area contributed by atoms with Crippen molar-refractivity contribution in [2.24, 2.45) is 0 Å². The standard InChI is InChI=1S/C54H48N4O/c1-53(2,3)38-34-45(51(59)46(35-38)54(4,5)6)52-56-50-44(30-19-31-48(50)58(52)41-26-14-9-15-27-41)49-43-29-17-16-20-36(43)33-47(55-49)37-21-18-28-42(32-37)57(39-22-10-7-11-23-39)40-24-12-8-13-25-40/h7-35,59H,1-6H3. The predicted octanol–water partition coefficient (Wildman–Crippen LogP) is 14.3. The van der Waals surface area contributed by atoms with E-state index in [1.165, 1.54) is 0 Å². The molecule has 0 fully saturated rings. The van der Waals surface area contributed by atoms with Gasteiger partial charge in [-0.25, -0.2) is 9.97 Å². The van der Waals surface area contributed by atoms with Crippen molar-refractivity contribution in [3.05, 3.63) is 187 Å². The molecular weight excluding hydrogens is 721 g/mol. The molecule has 0 atom stereocenters. The zero-order chi connectivity index (χ0) is 40.9. The topological polar surface area (TPSA) is 54.2 Å². The predicted molar refractivity (Wildman–Crippen MR) is 246 cm³/mol. The number of imidazole rings is 1. The number of pyridine rings is 1. The SMILES string of the molecule is CC(C)(C)c1cc(-c2nc3c(-c4nc(-c5cccc(N(c6ccccc6)c6ccccc6)c5)cc5ccccc45)cccc3n2-c2ccccc2)c(O)c(C(C)(C)C)c1. The number of aromatic nitrogens is 3. The Morgan fingerprint density at radius 3 is 1.80 bits per heavy atom. The van der Waals surface area contributed by atoms with E-state index < -0.39 is 0 Å². The lowest BCUT2D eigenvalue weighted by molar-refractivity contribution is 0.446. The minimum absolute atomic E-state index is 0.156. The molecule has 2 aromatic heterocycles. The summed E-state index contributed by atoms with van der Waals surface area (Å²) in [5, 5.41) is 14.3. The van der Waals surface area contributed by atoms with E-state index in [-0.39, 0.29) is 16.6 Å². The molecule has 59 heavy (non-hydrogen) atoms. The van der Waals surface area contributed by atoms with Crippen LogP contribution in [0.3, 0.4) is 0 Å². The van der Waals surface area contributed by atoms with E-state index in [4.69, 9.17) is 9.97 Å². The zero-order valence-corrected chi connectivity index (χ0v) is 34.5. The molecule has 0 aliphatic heterocycles. The molecule has 9 aromatic rings. The number of hydrogen-bond donors (Lipinski definition) is 1. The molecule has 0 bridgehead atoms. The second-order valence-electron chi connectivity index (χ2n) is 17.3. The van der Waals surface area contributed by atoms with Crippen LogP contribution in [0.5, 0.6) is 5.75 Å². The van der Waals surface area contributed by atoms with Gasteiger partial charge in [0.15, 0.2) is 0 Å². The summed E-state index contributed by atoms with van der Waals surface area (Å²) in [6.07, 6.45) is 0. The van der Waals surface area contributed by atoms with Gasteiger partial charge in [0.2, 0.25) is 0 Å².